The first-order valence-corrected chi connectivity index (χ1v) is 7.39. The fourth-order valence-corrected chi connectivity index (χ4v) is 7.11. The summed E-state index contributed by atoms with van der Waals surface area (Å²) in [5, 5.41) is 0.960. The van der Waals surface area contributed by atoms with Crippen molar-refractivity contribution in [2.75, 3.05) is 6.16 Å². The van der Waals surface area contributed by atoms with Gasteiger partial charge in [-0.15, -0.1) is 0 Å². The van der Waals surface area contributed by atoms with E-state index in [1.54, 1.807) is 22.3 Å². The SMILES string of the molecule is CC1=C(C)C2(C)C(=C1C)CP2C(C)(C)C. The zero-order valence-corrected chi connectivity index (χ0v) is 12.0. The Morgan fingerprint density at radius 3 is 2.00 bits per heavy atom. The Bertz CT molecular complexity index is 359. The molecule has 1 heteroatoms. The molecular formula is C14H23P. The van der Waals surface area contributed by atoms with Crippen molar-refractivity contribution in [3.05, 3.63) is 22.3 Å². The Balaban J connectivity index is 2.46. The van der Waals surface area contributed by atoms with Gasteiger partial charge in [0.2, 0.25) is 0 Å². The van der Waals surface area contributed by atoms with E-state index in [1.165, 1.54) is 6.16 Å². The van der Waals surface area contributed by atoms with Gasteiger partial charge >= 0.3 is 0 Å². The maximum Gasteiger partial charge on any atom is 0.0312 e. The van der Waals surface area contributed by atoms with Gasteiger partial charge in [-0.3, -0.25) is 0 Å². The van der Waals surface area contributed by atoms with E-state index in [4.69, 9.17) is 0 Å². The molecule has 0 bridgehead atoms. The van der Waals surface area contributed by atoms with Gasteiger partial charge in [-0.2, -0.15) is 0 Å². The second kappa shape index (κ2) is 2.98. The second-order valence-corrected chi connectivity index (χ2v) is 9.59. The van der Waals surface area contributed by atoms with Crippen molar-refractivity contribution in [2.45, 2.75) is 58.8 Å². The number of hydrogen-bond donors (Lipinski definition) is 0. The summed E-state index contributed by atoms with van der Waals surface area (Å²) in [6.07, 6.45) is 1.38. The minimum Gasteiger partial charge on any atom is -0.0823 e. The summed E-state index contributed by atoms with van der Waals surface area (Å²) in [5.74, 6) is 0. The van der Waals surface area contributed by atoms with E-state index in [0.717, 1.165) is 0 Å². The molecule has 0 aromatic heterocycles. The summed E-state index contributed by atoms with van der Waals surface area (Å²) in [5.41, 5.74) is 6.57. The molecule has 0 nitrogen and oxygen atoms in total. The van der Waals surface area contributed by atoms with Crippen LogP contribution in [0.4, 0.5) is 0 Å². The minimum absolute atomic E-state index is 0.130. The highest BCUT2D eigenvalue weighted by molar-refractivity contribution is 7.64. The molecule has 0 N–H and O–H groups in total. The van der Waals surface area contributed by atoms with Gasteiger partial charge in [0.15, 0.2) is 0 Å². The lowest BCUT2D eigenvalue weighted by molar-refractivity contribution is 0.706. The molecule has 0 spiro atoms. The van der Waals surface area contributed by atoms with Crippen LogP contribution in [0.5, 0.6) is 0 Å². The van der Waals surface area contributed by atoms with Crippen LogP contribution in [-0.4, -0.2) is 16.5 Å². The summed E-state index contributed by atoms with van der Waals surface area (Å²) in [6, 6.07) is 0. The first-order valence-electron chi connectivity index (χ1n) is 5.87. The molecule has 2 unspecified atom stereocenters. The lowest BCUT2D eigenvalue weighted by Crippen LogP contribution is -2.43. The normalized spacial score (nSPS) is 35.8. The highest BCUT2D eigenvalue weighted by Gasteiger charge is 2.56. The molecule has 1 heterocycles. The van der Waals surface area contributed by atoms with Gasteiger partial charge < -0.3 is 0 Å². The van der Waals surface area contributed by atoms with Crippen LogP contribution in [0.25, 0.3) is 0 Å². The van der Waals surface area contributed by atoms with Crippen LogP contribution in [0.2, 0.25) is 0 Å². The van der Waals surface area contributed by atoms with E-state index < -0.39 is 0 Å². The molecule has 0 saturated carbocycles. The van der Waals surface area contributed by atoms with E-state index in [9.17, 15) is 0 Å². The molecule has 2 rings (SSSR count). The highest BCUT2D eigenvalue weighted by Crippen LogP contribution is 2.76. The van der Waals surface area contributed by atoms with Gasteiger partial charge in [-0.25, -0.2) is 0 Å². The largest absolute Gasteiger partial charge is 0.0823 e. The molecule has 0 radical (unpaired) electrons. The maximum absolute atomic E-state index is 2.48. The number of rotatable bonds is 0. The van der Waals surface area contributed by atoms with E-state index in [-0.39, 0.29) is 7.92 Å². The van der Waals surface area contributed by atoms with Crippen molar-refractivity contribution in [3.8, 4) is 0 Å². The van der Waals surface area contributed by atoms with Crippen LogP contribution in [0.3, 0.4) is 0 Å². The average molecular weight is 222 g/mol. The fourth-order valence-electron chi connectivity index (χ4n) is 3.23. The summed E-state index contributed by atoms with van der Waals surface area (Å²) >= 11 is 0. The molecule has 0 aromatic carbocycles. The standard InChI is InChI=1S/C14H23P/c1-9-10(2)12-8-15(13(4,5)6)14(12,7)11(9)3/h8H2,1-7H3. The van der Waals surface area contributed by atoms with E-state index in [2.05, 4.69) is 48.5 Å². The third kappa shape index (κ3) is 1.24. The van der Waals surface area contributed by atoms with Crippen LogP contribution >= 0.6 is 7.92 Å². The van der Waals surface area contributed by atoms with Crippen LogP contribution in [-0.2, 0) is 0 Å². The summed E-state index contributed by atoms with van der Waals surface area (Å²) < 4.78 is 0. The lowest BCUT2D eigenvalue weighted by Gasteiger charge is -2.55. The Hall–Kier alpha value is -0.0900. The molecule has 2 atom stereocenters. The Labute approximate surface area is 95.6 Å². The number of allylic oxidation sites excluding steroid dienone is 4. The molecule has 15 heavy (non-hydrogen) atoms. The molecule has 0 aromatic rings. The molecule has 0 amide bonds. The number of fused-ring (bicyclic) bond motifs is 1. The van der Waals surface area contributed by atoms with E-state index in [1.807, 2.05) is 0 Å². The monoisotopic (exact) mass is 222 g/mol. The Morgan fingerprint density at radius 2 is 1.60 bits per heavy atom. The first kappa shape index (κ1) is 11.4. The van der Waals surface area contributed by atoms with Gasteiger partial charge in [0.25, 0.3) is 0 Å². The smallest absolute Gasteiger partial charge is 0.0312 e. The quantitative estimate of drug-likeness (QED) is 0.521. The Kier molecular flexibility index (Phi) is 2.26. The fraction of sp³-hybridized carbons (Fsp3) is 0.714. The third-order valence-electron chi connectivity index (χ3n) is 4.56. The van der Waals surface area contributed by atoms with Crippen molar-refractivity contribution >= 4 is 7.92 Å². The topological polar surface area (TPSA) is 0 Å². The highest BCUT2D eigenvalue weighted by atomic mass is 31.1. The van der Waals surface area contributed by atoms with Crippen molar-refractivity contribution in [3.63, 3.8) is 0 Å². The third-order valence-corrected chi connectivity index (χ3v) is 8.50. The van der Waals surface area contributed by atoms with Crippen LogP contribution in [0, 0.1) is 0 Å². The molecule has 1 fully saturated rings. The van der Waals surface area contributed by atoms with Crippen molar-refractivity contribution in [1.29, 1.82) is 0 Å². The average Bonchev–Trinajstić information content (AvgIpc) is 2.18. The van der Waals surface area contributed by atoms with Crippen LogP contribution in [0.1, 0.15) is 48.5 Å². The van der Waals surface area contributed by atoms with Gasteiger partial charge in [0.1, 0.15) is 0 Å². The molecule has 2 aliphatic rings. The summed E-state index contributed by atoms with van der Waals surface area (Å²) in [7, 11) is 0.130. The first-order chi connectivity index (χ1) is 6.70. The molecule has 1 saturated heterocycles. The van der Waals surface area contributed by atoms with Gasteiger partial charge in [-0.05, 0) is 55.7 Å². The summed E-state index contributed by atoms with van der Waals surface area (Å²) in [6.45, 7) is 16.7. The second-order valence-electron chi connectivity index (χ2n) is 6.18. The zero-order valence-electron chi connectivity index (χ0n) is 11.2. The van der Waals surface area contributed by atoms with Crippen LogP contribution < -0.4 is 0 Å². The molecule has 1 aliphatic heterocycles. The molecule has 84 valence electrons. The van der Waals surface area contributed by atoms with Crippen molar-refractivity contribution in [1.82, 2.24) is 0 Å². The number of hydrogen-bond acceptors (Lipinski definition) is 0. The van der Waals surface area contributed by atoms with Gasteiger partial charge in [0, 0.05) is 5.16 Å². The molecule has 1 aliphatic carbocycles. The predicted molar refractivity (Wildman–Crippen MR) is 71.0 cm³/mol. The summed E-state index contributed by atoms with van der Waals surface area (Å²) in [4.78, 5) is 0. The minimum atomic E-state index is 0.130. The van der Waals surface area contributed by atoms with Crippen LogP contribution in [0.15, 0.2) is 22.3 Å². The maximum atomic E-state index is 2.48. The zero-order chi connectivity index (χ0) is 11.6. The van der Waals surface area contributed by atoms with Crippen molar-refractivity contribution in [2.24, 2.45) is 0 Å². The predicted octanol–water partition coefficient (Wildman–Crippen LogP) is 4.71. The lowest BCUT2D eigenvalue weighted by atomic mass is 9.96. The van der Waals surface area contributed by atoms with E-state index >= 15 is 0 Å². The Morgan fingerprint density at radius 1 is 1.07 bits per heavy atom. The van der Waals surface area contributed by atoms with Crippen molar-refractivity contribution < 1.29 is 0 Å². The van der Waals surface area contributed by atoms with Gasteiger partial charge in [-0.1, -0.05) is 34.3 Å². The molecular weight excluding hydrogens is 199 g/mol. The van der Waals surface area contributed by atoms with Gasteiger partial charge in [0.05, 0.1) is 0 Å². The van der Waals surface area contributed by atoms with E-state index in [0.29, 0.717) is 10.3 Å².